The molecule has 0 spiro atoms. The van der Waals surface area contributed by atoms with Crippen molar-refractivity contribution in [1.82, 2.24) is 0 Å². The third-order valence-corrected chi connectivity index (χ3v) is 13.0. The highest BCUT2D eigenvalue weighted by Gasteiger charge is 2.58. The van der Waals surface area contributed by atoms with E-state index in [1.807, 2.05) is 0 Å². The Labute approximate surface area is 197 Å². The normalized spacial score (nSPS) is 18.5. The summed E-state index contributed by atoms with van der Waals surface area (Å²) >= 11 is 0. The van der Waals surface area contributed by atoms with Gasteiger partial charge in [-0.05, 0) is 22.3 Å². The molecule has 33 heavy (non-hydrogen) atoms. The van der Waals surface area contributed by atoms with Crippen molar-refractivity contribution < 1.29 is 0 Å². The number of hydrogen-bond donors (Lipinski definition) is 0. The Balaban J connectivity index is 1.78. The molecule has 0 N–H and O–H groups in total. The molecule has 158 valence electrons. The van der Waals surface area contributed by atoms with Crippen LogP contribution in [0.15, 0.2) is 146 Å². The quantitative estimate of drug-likeness (QED) is 0.289. The van der Waals surface area contributed by atoms with E-state index >= 15 is 0 Å². The molecule has 0 aromatic heterocycles. The van der Waals surface area contributed by atoms with Crippen LogP contribution in [0.25, 0.3) is 0 Å². The molecule has 0 saturated carbocycles. The first-order valence-corrected chi connectivity index (χ1v) is 13.9. The Morgan fingerprint density at radius 3 is 1.00 bits per heavy atom. The number of rotatable bonds is 4. The van der Waals surface area contributed by atoms with E-state index in [4.69, 9.17) is 0 Å². The predicted molar refractivity (Wildman–Crippen MR) is 141 cm³/mol. The lowest BCUT2D eigenvalue weighted by Gasteiger charge is -2.40. The predicted octanol–water partition coefficient (Wildman–Crippen LogP) is 6.31. The third-order valence-electron chi connectivity index (χ3n) is 7.30. The van der Waals surface area contributed by atoms with Gasteiger partial charge in [0.2, 0.25) is 0 Å². The smallest absolute Gasteiger partial charge is 0.0625 e. The fraction of sp³-hybridized carbons (Fsp3) is 0.0625. The van der Waals surface area contributed by atoms with E-state index in [-0.39, 0.29) is 0 Å². The van der Waals surface area contributed by atoms with Gasteiger partial charge in [0.1, 0.15) is 8.07 Å². The van der Waals surface area contributed by atoms with Gasteiger partial charge in [-0.15, -0.1) is 0 Å². The SMILES string of the molecule is c1ccc([C@@H]2c3ccccc3[C@H](c3ccccc3)[Si]2(c2ccccc2)c2ccccc2)cc1. The van der Waals surface area contributed by atoms with Crippen molar-refractivity contribution in [3.8, 4) is 0 Å². The van der Waals surface area contributed by atoms with Gasteiger partial charge in [0.15, 0.2) is 0 Å². The zero-order chi connectivity index (χ0) is 22.1. The first-order chi connectivity index (χ1) is 16.4. The van der Waals surface area contributed by atoms with Crippen molar-refractivity contribution in [2.24, 2.45) is 0 Å². The maximum absolute atomic E-state index is 2.43. The van der Waals surface area contributed by atoms with Crippen LogP contribution in [0.1, 0.15) is 33.3 Å². The van der Waals surface area contributed by atoms with Crippen LogP contribution in [0.4, 0.5) is 0 Å². The number of hydrogen-bond acceptors (Lipinski definition) is 0. The molecule has 1 heteroatoms. The summed E-state index contributed by atoms with van der Waals surface area (Å²) in [6.45, 7) is 0. The molecule has 0 fully saturated rings. The summed E-state index contributed by atoms with van der Waals surface area (Å²) in [5.41, 5.74) is 6.48. The van der Waals surface area contributed by atoms with Crippen molar-refractivity contribution in [3.05, 3.63) is 168 Å². The molecule has 1 aliphatic heterocycles. The molecule has 0 unspecified atom stereocenters. The van der Waals surface area contributed by atoms with Gasteiger partial charge in [0.05, 0.1) is 0 Å². The van der Waals surface area contributed by atoms with Crippen molar-refractivity contribution in [1.29, 1.82) is 0 Å². The maximum Gasteiger partial charge on any atom is 0.141 e. The van der Waals surface area contributed by atoms with Gasteiger partial charge < -0.3 is 0 Å². The van der Waals surface area contributed by atoms with Crippen molar-refractivity contribution in [2.75, 3.05) is 0 Å². The minimum Gasteiger partial charge on any atom is -0.0625 e. The molecule has 5 aromatic rings. The first-order valence-electron chi connectivity index (χ1n) is 11.7. The molecule has 0 saturated heterocycles. The lowest BCUT2D eigenvalue weighted by Crippen LogP contribution is -2.64. The third kappa shape index (κ3) is 3.12. The Hall–Kier alpha value is -3.68. The van der Waals surface area contributed by atoms with E-state index in [1.165, 1.54) is 32.6 Å². The molecule has 5 aromatic carbocycles. The van der Waals surface area contributed by atoms with Crippen molar-refractivity contribution >= 4 is 18.4 Å². The number of benzene rings is 5. The Kier molecular flexibility index (Phi) is 5.05. The average molecular weight is 439 g/mol. The van der Waals surface area contributed by atoms with Gasteiger partial charge in [-0.3, -0.25) is 0 Å². The summed E-state index contributed by atoms with van der Waals surface area (Å²) < 4.78 is 0. The Morgan fingerprint density at radius 1 is 0.333 bits per heavy atom. The van der Waals surface area contributed by atoms with E-state index in [2.05, 4.69) is 146 Å². The minimum atomic E-state index is -2.43. The maximum atomic E-state index is 2.39. The summed E-state index contributed by atoms with van der Waals surface area (Å²) in [7, 11) is -2.43. The zero-order valence-electron chi connectivity index (χ0n) is 18.5. The van der Waals surface area contributed by atoms with Gasteiger partial charge in [0.25, 0.3) is 0 Å². The van der Waals surface area contributed by atoms with E-state index in [1.54, 1.807) is 0 Å². The standard InChI is InChI=1S/C32H26Si/c1-5-15-25(16-6-1)31-29-23-13-14-24-30(29)32(26-17-7-2-8-18-26)33(31,27-19-9-3-10-20-27)28-21-11-4-12-22-28/h1-24,31-32H/t31-,32+. The first kappa shape index (κ1) is 20.0. The molecule has 0 nitrogen and oxygen atoms in total. The molecular formula is C32H26Si. The zero-order valence-corrected chi connectivity index (χ0v) is 19.5. The number of fused-ring (bicyclic) bond motifs is 1. The van der Waals surface area contributed by atoms with Crippen molar-refractivity contribution in [3.63, 3.8) is 0 Å². The van der Waals surface area contributed by atoms with Gasteiger partial charge in [-0.25, -0.2) is 0 Å². The lowest BCUT2D eigenvalue weighted by molar-refractivity contribution is 1.11. The van der Waals surface area contributed by atoms with Crippen LogP contribution in [0.3, 0.4) is 0 Å². The van der Waals surface area contributed by atoms with E-state index < -0.39 is 8.07 Å². The Morgan fingerprint density at radius 2 is 0.636 bits per heavy atom. The molecule has 1 aliphatic rings. The average Bonchev–Trinajstić information content (AvgIpc) is 3.22. The van der Waals surface area contributed by atoms with Gasteiger partial charge in [0, 0.05) is 11.1 Å². The molecule has 2 atom stereocenters. The Bertz CT molecular complexity index is 1240. The van der Waals surface area contributed by atoms with Crippen LogP contribution in [-0.2, 0) is 0 Å². The van der Waals surface area contributed by atoms with Crippen molar-refractivity contribution in [2.45, 2.75) is 11.1 Å². The summed E-state index contributed by atoms with van der Waals surface area (Å²) in [6, 6.07) is 54.3. The highest BCUT2D eigenvalue weighted by molar-refractivity contribution is 7.05. The largest absolute Gasteiger partial charge is 0.141 e. The van der Waals surface area contributed by atoms with E-state index in [0.717, 1.165) is 0 Å². The van der Waals surface area contributed by atoms with Crippen LogP contribution in [0, 0.1) is 0 Å². The molecule has 6 rings (SSSR count). The minimum absolute atomic E-state index is 0.338. The van der Waals surface area contributed by atoms with E-state index in [0.29, 0.717) is 11.1 Å². The summed E-state index contributed by atoms with van der Waals surface area (Å²) in [6.07, 6.45) is 0. The highest BCUT2D eigenvalue weighted by atomic mass is 28.3. The highest BCUT2D eigenvalue weighted by Crippen LogP contribution is 2.52. The van der Waals surface area contributed by atoms with Gasteiger partial charge >= 0.3 is 0 Å². The second kappa shape index (κ2) is 8.35. The van der Waals surface area contributed by atoms with Crippen LogP contribution < -0.4 is 10.4 Å². The molecule has 0 radical (unpaired) electrons. The monoisotopic (exact) mass is 438 g/mol. The molecule has 0 bridgehead atoms. The topological polar surface area (TPSA) is 0 Å². The second-order valence-corrected chi connectivity index (χ2v) is 13.0. The van der Waals surface area contributed by atoms with Crippen LogP contribution in [0.5, 0.6) is 0 Å². The summed E-state index contributed by atoms with van der Waals surface area (Å²) in [5.74, 6) is 0. The lowest BCUT2D eigenvalue weighted by atomic mass is 9.95. The van der Waals surface area contributed by atoms with Crippen LogP contribution in [0.2, 0.25) is 0 Å². The van der Waals surface area contributed by atoms with E-state index in [9.17, 15) is 0 Å². The molecule has 0 amide bonds. The fourth-order valence-electron chi connectivity index (χ4n) is 6.13. The van der Waals surface area contributed by atoms with Crippen LogP contribution in [-0.4, -0.2) is 8.07 Å². The fourth-order valence-corrected chi connectivity index (χ4v) is 12.6. The second-order valence-electron chi connectivity index (χ2n) is 8.92. The molecule has 1 heterocycles. The van der Waals surface area contributed by atoms with Crippen LogP contribution >= 0.6 is 0 Å². The summed E-state index contributed by atoms with van der Waals surface area (Å²) in [5, 5.41) is 2.99. The summed E-state index contributed by atoms with van der Waals surface area (Å²) in [4.78, 5) is 0. The molecule has 0 aliphatic carbocycles. The van der Waals surface area contributed by atoms with Gasteiger partial charge in [-0.2, -0.15) is 0 Å². The molecular weight excluding hydrogens is 412 g/mol. The van der Waals surface area contributed by atoms with Gasteiger partial charge in [-0.1, -0.05) is 156 Å².